The first-order chi connectivity index (χ1) is 8.54. The van der Waals surface area contributed by atoms with Crippen LogP contribution >= 0.6 is 28.4 Å². The van der Waals surface area contributed by atoms with Crippen LogP contribution in [0.4, 0.5) is 8.78 Å². The molecule has 1 unspecified atom stereocenters. The Bertz CT molecular complexity index is 657. The number of fused-ring (bicyclic) bond motifs is 1. The Balaban J connectivity index is 2.63. The number of aliphatic carboxylic acids is 1. The van der Waals surface area contributed by atoms with E-state index < -0.39 is 17.6 Å². The molecule has 0 aliphatic rings. The first-order valence-corrected chi connectivity index (χ1v) is 8.74. The van der Waals surface area contributed by atoms with Crippen molar-refractivity contribution in [1.82, 2.24) is 9.55 Å². The third-order valence-corrected chi connectivity index (χ3v) is 4.14. The lowest BCUT2D eigenvalue weighted by Crippen LogP contribution is -1.96. The number of hydrogen-bond acceptors (Lipinski definition) is 2. The Morgan fingerprint density at radius 1 is 1.56 bits per heavy atom. The second kappa shape index (κ2) is 5.27. The van der Waals surface area contributed by atoms with Gasteiger partial charge in [0.1, 0.15) is 5.52 Å². The standard InChI is InChI=1S/C10H6F2IN2O2P/c11-7(10(16)17)3-5-1-2-6-4-14-15(18-13)9(6)8(5)12/h1-4,18H,(H,16,17)/b7-3-. The Labute approximate surface area is 115 Å². The van der Waals surface area contributed by atoms with Crippen molar-refractivity contribution in [2.75, 3.05) is 0 Å². The lowest BCUT2D eigenvalue weighted by atomic mass is 10.1. The number of hydrogen-bond donors (Lipinski definition) is 1. The van der Waals surface area contributed by atoms with Crippen LogP contribution in [0.2, 0.25) is 0 Å². The molecule has 0 saturated carbocycles. The zero-order valence-electron chi connectivity index (χ0n) is 8.69. The smallest absolute Gasteiger partial charge is 0.364 e. The summed E-state index contributed by atoms with van der Waals surface area (Å²) < 4.78 is 28.5. The van der Waals surface area contributed by atoms with Gasteiger partial charge < -0.3 is 5.11 Å². The highest BCUT2D eigenvalue weighted by Crippen LogP contribution is 2.31. The van der Waals surface area contributed by atoms with Crippen molar-refractivity contribution in [2.45, 2.75) is 0 Å². The summed E-state index contributed by atoms with van der Waals surface area (Å²) in [5, 5.41) is 13.0. The number of carbonyl (C=O) groups is 1. The van der Waals surface area contributed by atoms with Crippen molar-refractivity contribution in [1.29, 1.82) is 0 Å². The first kappa shape index (κ1) is 13.4. The summed E-state index contributed by atoms with van der Waals surface area (Å²) in [7, 11) is 0. The van der Waals surface area contributed by atoms with Gasteiger partial charge in [-0.05, 0) is 28.1 Å². The lowest BCUT2D eigenvalue weighted by molar-refractivity contribution is -0.134. The average molecular weight is 382 g/mol. The van der Waals surface area contributed by atoms with E-state index in [-0.39, 0.29) is 17.5 Å². The molecular weight excluding hydrogens is 376 g/mol. The maximum atomic E-state index is 14.1. The molecule has 0 aliphatic heterocycles. The Morgan fingerprint density at radius 2 is 2.28 bits per heavy atom. The van der Waals surface area contributed by atoms with Crippen LogP contribution in [0.15, 0.2) is 24.2 Å². The van der Waals surface area contributed by atoms with Gasteiger partial charge in [0, 0.05) is 10.9 Å². The average Bonchev–Trinajstić information content (AvgIpc) is 2.76. The molecule has 1 atom stereocenters. The van der Waals surface area contributed by atoms with E-state index in [4.69, 9.17) is 5.11 Å². The first-order valence-electron chi connectivity index (χ1n) is 4.68. The van der Waals surface area contributed by atoms with E-state index in [1.807, 2.05) is 22.0 Å². The molecule has 18 heavy (non-hydrogen) atoms. The zero-order valence-corrected chi connectivity index (χ0v) is 11.9. The highest BCUT2D eigenvalue weighted by atomic mass is 127. The largest absolute Gasteiger partial charge is 0.476 e. The fourth-order valence-corrected chi connectivity index (χ4v) is 2.98. The summed E-state index contributed by atoms with van der Waals surface area (Å²) in [5.41, 5.74) is 0.133. The summed E-state index contributed by atoms with van der Waals surface area (Å²) in [4.78, 5) is 10.4. The SMILES string of the molecule is O=C(O)/C(F)=C/c1ccc2cnn(PI)c2c1F. The number of carboxylic acids is 1. The summed E-state index contributed by atoms with van der Waals surface area (Å²) >= 11 is 2.04. The van der Waals surface area contributed by atoms with E-state index >= 15 is 0 Å². The predicted molar refractivity (Wildman–Crippen MR) is 74.1 cm³/mol. The Kier molecular flexibility index (Phi) is 3.91. The Hall–Kier alpha value is -1.08. The number of rotatable bonds is 3. The van der Waals surface area contributed by atoms with Crippen molar-refractivity contribution in [3.8, 4) is 0 Å². The highest BCUT2D eigenvalue weighted by Gasteiger charge is 2.13. The number of nitrogens with zero attached hydrogens (tertiary/aromatic N) is 2. The normalized spacial score (nSPS) is 12.7. The van der Waals surface area contributed by atoms with Gasteiger partial charge in [0.05, 0.1) is 12.6 Å². The molecule has 2 rings (SSSR count). The van der Waals surface area contributed by atoms with Gasteiger partial charge in [-0.25, -0.2) is 13.6 Å². The molecule has 0 aliphatic carbocycles. The van der Waals surface area contributed by atoms with Gasteiger partial charge in [-0.2, -0.15) is 9.49 Å². The summed E-state index contributed by atoms with van der Waals surface area (Å²) in [6, 6.07) is 2.89. The Morgan fingerprint density at radius 3 is 2.89 bits per heavy atom. The molecule has 0 saturated heterocycles. The van der Waals surface area contributed by atoms with Crippen molar-refractivity contribution in [3.63, 3.8) is 0 Å². The van der Waals surface area contributed by atoms with Crippen LogP contribution in [0.1, 0.15) is 5.56 Å². The van der Waals surface area contributed by atoms with Crippen LogP contribution in [0.5, 0.6) is 0 Å². The second-order valence-corrected chi connectivity index (χ2v) is 5.38. The molecule has 0 radical (unpaired) electrons. The molecule has 4 nitrogen and oxygen atoms in total. The van der Waals surface area contributed by atoms with Gasteiger partial charge in [0.15, 0.2) is 5.82 Å². The van der Waals surface area contributed by atoms with Crippen LogP contribution in [0, 0.1) is 5.82 Å². The van der Waals surface area contributed by atoms with E-state index in [0.717, 1.165) is 0 Å². The van der Waals surface area contributed by atoms with Gasteiger partial charge >= 0.3 is 5.97 Å². The second-order valence-electron chi connectivity index (χ2n) is 3.34. The number of carboxylic acid groups (broad SMARTS) is 1. The monoisotopic (exact) mass is 382 g/mol. The maximum absolute atomic E-state index is 14.1. The van der Waals surface area contributed by atoms with E-state index in [1.54, 1.807) is 6.07 Å². The van der Waals surface area contributed by atoms with Gasteiger partial charge in [0.25, 0.3) is 0 Å². The number of aromatic nitrogens is 2. The number of benzene rings is 1. The molecule has 8 heteroatoms. The third-order valence-electron chi connectivity index (χ3n) is 2.27. The molecular formula is C10H6F2IN2O2P. The van der Waals surface area contributed by atoms with Gasteiger partial charge in [-0.15, -0.1) is 0 Å². The van der Waals surface area contributed by atoms with E-state index in [1.165, 1.54) is 16.7 Å². The quantitative estimate of drug-likeness (QED) is 0.503. The van der Waals surface area contributed by atoms with E-state index in [2.05, 4.69) is 5.10 Å². The molecule has 1 heterocycles. The fraction of sp³-hybridized carbons (Fsp3) is 0. The molecule has 0 spiro atoms. The van der Waals surface area contributed by atoms with E-state index in [0.29, 0.717) is 11.5 Å². The van der Waals surface area contributed by atoms with Crippen molar-refractivity contribution < 1.29 is 18.7 Å². The predicted octanol–water partition coefficient (Wildman–Crippen LogP) is 3.36. The maximum Gasteiger partial charge on any atom is 0.364 e. The molecule has 1 N–H and O–H groups in total. The molecule has 94 valence electrons. The highest BCUT2D eigenvalue weighted by molar-refractivity contribution is 14.2. The third kappa shape index (κ3) is 2.37. The molecule has 1 aromatic carbocycles. The minimum Gasteiger partial charge on any atom is -0.476 e. The summed E-state index contributed by atoms with van der Waals surface area (Å²) in [5.74, 6) is -3.81. The van der Waals surface area contributed by atoms with E-state index in [9.17, 15) is 13.6 Å². The minimum absolute atomic E-state index is 0.112. The van der Waals surface area contributed by atoms with Gasteiger partial charge in [-0.3, -0.25) is 0 Å². The molecule has 0 fully saturated rings. The van der Waals surface area contributed by atoms with Gasteiger partial charge in [-0.1, -0.05) is 12.1 Å². The molecule has 0 amide bonds. The van der Waals surface area contributed by atoms with Crippen LogP contribution in [0.3, 0.4) is 0 Å². The summed E-state index contributed by atoms with van der Waals surface area (Å²) in [6.07, 6.45) is 2.36. The van der Waals surface area contributed by atoms with Crippen LogP contribution in [-0.4, -0.2) is 20.6 Å². The van der Waals surface area contributed by atoms with Crippen molar-refractivity contribution in [3.05, 3.63) is 35.5 Å². The molecule has 0 bridgehead atoms. The summed E-state index contributed by atoms with van der Waals surface area (Å²) in [6.45, 7) is 0. The van der Waals surface area contributed by atoms with Crippen LogP contribution in [-0.2, 0) is 4.79 Å². The molecule has 2 aromatic rings. The fourth-order valence-electron chi connectivity index (χ4n) is 1.47. The van der Waals surface area contributed by atoms with Gasteiger partial charge in [0.2, 0.25) is 5.83 Å². The number of halogens is 3. The van der Waals surface area contributed by atoms with Crippen LogP contribution in [0.25, 0.3) is 17.0 Å². The van der Waals surface area contributed by atoms with Crippen molar-refractivity contribution >= 4 is 51.4 Å². The van der Waals surface area contributed by atoms with Crippen LogP contribution < -0.4 is 0 Å². The van der Waals surface area contributed by atoms with Crippen molar-refractivity contribution in [2.24, 2.45) is 0 Å². The lowest BCUT2D eigenvalue weighted by Gasteiger charge is -2.02. The topological polar surface area (TPSA) is 55.1 Å². The molecule has 1 aromatic heterocycles. The zero-order chi connectivity index (χ0) is 13.3. The minimum atomic E-state index is -1.72.